The summed E-state index contributed by atoms with van der Waals surface area (Å²) in [6, 6.07) is 10.7. The van der Waals surface area contributed by atoms with Crippen LogP contribution in [0.1, 0.15) is 52.2 Å². The summed E-state index contributed by atoms with van der Waals surface area (Å²) in [5, 5.41) is 21.8. The van der Waals surface area contributed by atoms with Crippen LogP contribution < -0.4 is 26.6 Å². The van der Waals surface area contributed by atoms with Crippen LogP contribution in [-0.4, -0.2) is 77.6 Å². The third kappa shape index (κ3) is 15.2. The number of carboxylic acid groups (broad SMARTS) is 1. The van der Waals surface area contributed by atoms with Gasteiger partial charge in [-0.1, -0.05) is 56.3 Å². The number of benzene rings is 2. The predicted octanol–water partition coefficient (Wildman–Crippen LogP) is 1.84. The molecule has 5 amide bonds. The number of carbonyl (C=O) groups is 6. The van der Waals surface area contributed by atoms with Crippen LogP contribution in [0.4, 0.5) is 9.18 Å². The van der Waals surface area contributed by atoms with Crippen LogP contribution in [0.5, 0.6) is 0 Å². The lowest BCUT2D eigenvalue weighted by Gasteiger charge is -2.23. The number of ether oxygens (including phenoxy) is 1. The van der Waals surface area contributed by atoms with Crippen LogP contribution in [-0.2, 0) is 41.6 Å². The minimum Gasteiger partial charge on any atom is -0.480 e. The molecule has 2 aromatic carbocycles. The van der Waals surface area contributed by atoms with Crippen molar-refractivity contribution in [3.63, 3.8) is 0 Å². The number of hydrogen-bond donors (Lipinski definition) is 6. The largest absolute Gasteiger partial charge is 0.480 e. The molecule has 0 bridgehead atoms. The molecule has 2 rings (SSSR count). The predicted molar refractivity (Wildman–Crippen MR) is 170 cm³/mol. The van der Waals surface area contributed by atoms with Gasteiger partial charge in [0.05, 0.1) is 13.1 Å². The molecule has 0 radical (unpaired) electrons. The van der Waals surface area contributed by atoms with Crippen LogP contribution in [0.3, 0.4) is 0 Å². The normalized spacial score (nSPS) is 13.0. The van der Waals surface area contributed by atoms with Gasteiger partial charge >= 0.3 is 12.1 Å². The molecule has 0 aliphatic heterocycles. The first-order valence-electron chi connectivity index (χ1n) is 15.2. The summed E-state index contributed by atoms with van der Waals surface area (Å²) in [7, 11) is 0. The van der Waals surface area contributed by atoms with E-state index < -0.39 is 78.3 Å². The highest BCUT2D eigenvalue weighted by Gasteiger charge is 2.28. The third-order valence-corrected chi connectivity index (χ3v) is 6.49. The Morgan fingerprint density at radius 1 is 0.723 bits per heavy atom. The lowest BCUT2D eigenvalue weighted by Crippen LogP contribution is -2.54. The first-order valence-corrected chi connectivity index (χ1v) is 15.2. The monoisotopic (exact) mass is 657 g/mol. The van der Waals surface area contributed by atoms with Crippen LogP contribution in [0.15, 0.2) is 54.6 Å². The van der Waals surface area contributed by atoms with Gasteiger partial charge in [0.15, 0.2) is 0 Å². The fraction of sp³-hybridized carbons (Fsp3) is 0.455. The zero-order valence-electron chi connectivity index (χ0n) is 27.2. The summed E-state index contributed by atoms with van der Waals surface area (Å²) in [6.07, 6.45) is -0.641. The van der Waals surface area contributed by atoms with Crippen molar-refractivity contribution in [1.82, 2.24) is 26.6 Å². The van der Waals surface area contributed by atoms with E-state index in [2.05, 4.69) is 26.6 Å². The van der Waals surface area contributed by atoms with E-state index in [9.17, 15) is 38.3 Å². The van der Waals surface area contributed by atoms with E-state index >= 15 is 0 Å². The summed E-state index contributed by atoms with van der Waals surface area (Å²) >= 11 is 0. The van der Waals surface area contributed by atoms with Crippen LogP contribution in [0.2, 0.25) is 0 Å². The summed E-state index contributed by atoms with van der Waals surface area (Å²) < 4.78 is 18.6. The molecule has 0 heterocycles. The van der Waals surface area contributed by atoms with Crippen molar-refractivity contribution >= 4 is 35.7 Å². The lowest BCUT2D eigenvalue weighted by molar-refractivity contribution is -0.142. The van der Waals surface area contributed by atoms with Gasteiger partial charge in [-0.15, -0.1) is 0 Å². The number of aliphatic carboxylic acids is 1. The van der Waals surface area contributed by atoms with E-state index in [4.69, 9.17) is 4.74 Å². The maximum absolute atomic E-state index is 13.4. The Morgan fingerprint density at radius 2 is 1.28 bits per heavy atom. The quantitative estimate of drug-likeness (QED) is 0.158. The third-order valence-electron chi connectivity index (χ3n) is 6.49. The average molecular weight is 658 g/mol. The van der Waals surface area contributed by atoms with Crippen molar-refractivity contribution in [2.75, 3.05) is 13.1 Å². The van der Waals surface area contributed by atoms with Crippen molar-refractivity contribution < 1.29 is 43.0 Å². The second-order valence-electron chi connectivity index (χ2n) is 12.4. The van der Waals surface area contributed by atoms with E-state index in [1.54, 1.807) is 51.1 Å². The summed E-state index contributed by atoms with van der Waals surface area (Å²) in [5.74, 6) is -4.58. The van der Waals surface area contributed by atoms with Gasteiger partial charge in [0.2, 0.25) is 23.6 Å². The van der Waals surface area contributed by atoms with Gasteiger partial charge in [-0.2, -0.15) is 0 Å². The number of hydrogen-bond acceptors (Lipinski definition) is 7. The van der Waals surface area contributed by atoms with Gasteiger partial charge in [0, 0.05) is 12.8 Å². The summed E-state index contributed by atoms with van der Waals surface area (Å²) in [5.41, 5.74) is 0.413. The number of halogens is 1. The van der Waals surface area contributed by atoms with E-state index in [-0.39, 0.29) is 25.2 Å². The Morgan fingerprint density at radius 3 is 1.83 bits per heavy atom. The molecule has 0 saturated heterocycles. The molecule has 14 heteroatoms. The topological polar surface area (TPSA) is 192 Å². The zero-order chi connectivity index (χ0) is 35.1. The molecule has 3 atom stereocenters. The van der Waals surface area contributed by atoms with Gasteiger partial charge in [-0.05, 0) is 56.4 Å². The first-order chi connectivity index (χ1) is 22.0. The van der Waals surface area contributed by atoms with Crippen molar-refractivity contribution in [2.45, 2.75) is 77.6 Å². The Hall–Kier alpha value is -5.01. The van der Waals surface area contributed by atoms with Crippen LogP contribution in [0, 0.1) is 11.7 Å². The van der Waals surface area contributed by atoms with Crippen LogP contribution in [0.25, 0.3) is 0 Å². The SMILES string of the molecule is CC(C)CC(NC(=O)[C@@H](Cc1ccccc1)NC(=O)CNC(=O)CNC(=O)[C@@H](Cc1ccc(F)cc1)NC(=O)OC(C)(C)C)C(=O)O. The van der Waals surface area contributed by atoms with Crippen LogP contribution >= 0.6 is 0 Å². The number of alkyl carbamates (subject to hydrolysis) is 1. The molecule has 0 aromatic heterocycles. The summed E-state index contributed by atoms with van der Waals surface area (Å²) in [4.78, 5) is 75.4. The Balaban J connectivity index is 2.00. The van der Waals surface area contributed by atoms with Crippen molar-refractivity contribution in [1.29, 1.82) is 0 Å². The van der Waals surface area contributed by atoms with E-state index in [1.165, 1.54) is 24.3 Å². The van der Waals surface area contributed by atoms with E-state index in [1.807, 2.05) is 13.8 Å². The van der Waals surface area contributed by atoms with Crippen molar-refractivity contribution in [3.8, 4) is 0 Å². The molecule has 47 heavy (non-hydrogen) atoms. The number of rotatable bonds is 16. The molecular formula is C33H44FN5O8. The molecule has 6 N–H and O–H groups in total. The van der Waals surface area contributed by atoms with Gasteiger partial charge in [0.25, 0.3) is 0 Å². The number of amides is 5. The number of carbonyl (C=O) groups excluding carboxylic acids is 5. The fourth-order valence-corrected chi connectivity index (χ4v) is 4.32. The minimum absolute atomic E-state index is 0.0134. The molecule has 1 unspecified atom stereocenters. The van der Waals surface area contributed by atoms with E-state index in [0.717, 1.165) is 0 Å². The van der Waals surface area contributed by atoms with Gasteiger partial charge in [0.1, 0.15) is 29.5 Å². The zero-order valence-corrected chi connectivity index (χ0v) is 27.2. The molecular weight excluding hydrogens is 613 g/mol. The Kier molecular flexibility index (Phi) is 14.8. The Labute approximate surface area is 273 Å². The van der Waals surface area contributed by atoms with E-state index in [0.29, 0.717) is 11.1 Å². The molecule has 0 fully saturated rings. The highest BCUT2D eigenvalue weighted by atomic mass is 19.1. The van der Waals surface area contributed by atoms with Crippen molar-refractivity contribution in [3.05, 3.63) is 71.5 Å². The fourth-order valence-electron chi connectivity index (χ4n) is 4.32. The van der Waals surface area contributed by atoms with Gasteiger partial charge < -0.3 is 36.4 Å². The standard InChI is InChI=1S/C33H44FN5O8/c1-20(2)15-26(31(44)45)38-30(43)25(16-21-9-7-6-8-10-21)37-28(41)19-35-27(40)18-36-29(42)24(39-32(46)47-33(3,4)5)17-22-11-13-23(34)14-12-22/h6-14,20,24-26H,15-19H2,1-5H3,(H,35,40)(H,36,42)(H,37,41)(H,38,43)(H,39,46)(H,44,45)/t24-,25-,26?/m1/s1. The number of carboxylic acids is 1. The highest BCUT2D eigenvalue weighted by molar-refractivity contribution is 5.93. The molecule has 0 saturated carbocycles. The average Bonchev–Trinajstić information content (AvgIpc) is 2.98. The molecule has 0 aliphatic rings. The molecule has 0 spiro atoms. The number of nitrogens with one attached hydrogen (secondary N) is 5. The summed E-state index contributed by atoms with van der Waals surface area (Å²) in [6.45, 7) is 7.50. The Bertz CT molecular complexity index is 1380. The molecule has 256 valence electrons. The molecule has 0 aliphatic carbocycles. The smallest absolute Gasteiger partial charge is 0.408 e. The molecule has 2 aromatic rings. The van der Waals surface area contributed by atoms with Crippen molar-refractivity contribution in [2.24, 2.45) is 5.92 Å². The maximum Gasteiger partial charge on any atom is 0.408 e. The second kappa shape index (κ2) is 18.2. The second-order valence-corrected chi connectivity index (χ2v) is 12.4. The highest BCUT2D eigenvalue weighted by Crippen LogP contribution is 2.10. The first kappa shape index (κ1) is 38.2. The maximum atomic E-state index is 13.4. The lowest BCUT2D eigenvalue weighted by atomic mass is 10.0. The van der Waals surface area contributed by atoms with Gasteiger partial charge in [-0.3, -0.25) is 19.2 Å². The minimum atomic E-state index is -1.20. The molecule has 13 nitrogen and oxygen atoms in total. The van der Waals surface area contributed by atoms with Gasteiger partial charge in [-0.25, -0.2) is 14.0 Å².